The Morgan fingerprint density at radius 3 is 2.45 bits per heavy atom. The van der Waals surface area contributed by atoms with E-state index in [9.17, 15) is 14.4 Å². The average Bonchev–Trinajstić information content (AvgIpc) is 3.44. The summed E-state index contributed by atoms with van der Waals surface area (Å²) in [6, 6.07) is 19.2. The monoisotopic (exact) mass is 562 g/mol. The molecule has 3 amide bonds. The van der Waals surface area contributed by atoms with Gasteiger partial charge in [0.25, 0.3) is 17.7 Å². The number of anilines is 3. The molecule has 0 saturated heterocycles. The van der Waals surface area contributed by atoms with Crippen molar-refractivity contribution in [3.63, 3.8) is 0 Å². The third-order valence-corrected chi connectivity index (χ3v) is 7.24. The van der Waals surface area contributed by atoms with E-state index in [-0.39, 0.29) is 16.6 Å². The van der Waals surface area contributed by atoms with Gasteiger partial charge >= 0.3 is 0 Å². The molecule has 3 aromatic carbocycles. The zero-order chi connectivity index (χ0) is 27.0. The van der Waals surface area contributed by atoms with Crippen LogP contribution in [0.25, 0.3) is 11.3 Å². The second-order valence-corrected chi connectivity index (χ2v) is 10.3. The van der Waals surface area contributed by atoms with E-state index in [2.05, 4.69) is 15.6 Å². The first-order chi connectivity index (χ1) is 18.2. The number of aromatic nitrogens is 1. The lowest BCUT2D eigenvalue weighted by atomic mass is 10.1. The number of carbonyl (C=O) groups excluding carboxylic acids is 3. The number of nitrogens with one attached hydrogen (secondary N) is 2. The summed E-state index contributed by atoms with van der Waals surface area (Å²) in [5.41, 5.74) is 4.56. The highest BCUT2D eigenvalue weighted by Gasteiger charge is 2.39. The summed E-state index contributed by atoms with van der Waals surface area (Å²) in [6.45, 7) is 3.75. The molecule has 0 spiro atoms. The molecule has 190 valence electrons. The van der Waals surface area contributed by atoms with Crippen LogP contribution < -0.4 is 15.5 Å². The van der Waals surface area contributed by atoms with Gasteiger partial charge in [-0.2, -0.15) is 0 Å². The van der Waals surface area contributed by atoms with Gasteiger partial charge in [0.2, 0.25) is 0 Å². The van der Waals surface area contributed by atoms with Crippen molar-refractivity contribution >= 4 is 68.8 Å². The minimum Gasteiger partial charge on any atom is -0.350 e. The second kappa shape index (κ2) is 10.4. The van der Waals surface area contributed by atoms with E-state index >= 15 is 0 Å². The smallest absolute Gasteiger partial charge is 0.283 e. The zero-order valence-corrected chi connectivity index (χ0v) is 22.5. The number of imide groups is 1. The number of carbonyl (C=O) groups is 3. The molecule has 10 heteroatoms. The molecule has 0 fully saturated rings. The molecule has 0 saturated carbocycles. The number of amides is 3. The number of hydrogen-bond acceptors (Lipinski definition) is 6. The van der Waals surface area contributed by atoms with E-state index < -0.39 is 11.8 Å². The summed E-state index contributed by atoms with van der Waals surface area (Å²) < 4.78 is 0. The number of halogens is 2. The fourth-order valence-corrected chi connectivity index (χ4v) is 5.08. The van der Waals surface area contributed by atoms with Crippen molar-refractivity contribution in [1.29, 1.82) is 0 Å². The van der Waals surface area contributed by atoms with Gasteiger partial charge in [0.15, 0.2) is 5.13 Å². The van der Waals surface area contributed by atoms with Gasteiger partial charge in [-0.1, -0.05) is 59.1 Å². The fraction of sp³-hybridized carbons (Fsp3) is 0.0714. The van der Waals surface area contributed by atoms with Crippen LogP contribution in [0.3, 0.4) is 0 Å². The van der Waals surface area contributed by atoms with Crippen molar-refractivity contribution in [3.05, 3.63) is 105 Å². The maximum Gasteiger partial charge on any atom is 0.283 e. The molecule has 2 N–H and O–H groups in total. The molecule has 0 atom stereocenters. The molecule has 38 heavy (non-hydrogen) atoms. The first-order valence-electron chi connectivity index (χ1n) is 11.5. The van der Waals surface area contributed by atoms with Crippen LogP contribution in [0.4, 0.5) is 16.5 Å². The van der Waals surface area contributed by atoms with Gasteiger partial charge < -0.3 is 5.32 Å². The Morgan fingerprint density at radius 1 is 0.947 bits per heavy atom. The molecule has 5 rings (SSSR count). The van der Waals surface area contributed by atoms with E-state index in [1.165, 1.54) is 11.3 Å². The maximum absolute atomic E-state index is 13.2. The predicted octanol–water partition coefficient (Wildman–Crippen LogP) is 6.77. The Labute approximate surface area is 232 Å². The standard InChI is InChI=1S/C28H20Cl2N4O3S/c1-15-6-11-22(16(2)12-15)34-26(36)23(30)24(27(34)37)31-20-5-3-4-18(13-20)25(35)33-28-32-21(14-38-28)17-7-9-19(29)10-8-17/h3-14,31H,1-2H3,(H,32,33,35). The maximum atomic E-state index is 13.2. The lowest BCUT2D eigenvalue weighted by Gasteiger charge is -2.18. The second-order valence-electron chi connectivity index (χ2n) is 8.63. The number of benzene rings is 3. The predicted molar refractivity (Wildman–Crippen MR) is 152 cm³/mol. The van der Waals surface area contributed by atoms with Gasteiger partial charge in [-0.3, -0.25) is 19.7 Å². The zero-order valence-electron chi connectivity index (χ0n) is 20.2. The molecule has 1 aliphatic heterocycles. The lowest BCUT2D eigenvalue weighted by molar-refractivity contribution is -0.120. The first-order valence-corrected chi connectivity index (χ1v) is 13.1. The Balaban J connectivity index is 1.31. The van der Waals surface area contributed by atoms with Crippen LogP contribution in [-0.4, -0.2) is 22.7 Å². The molecule has 7 nitrogen and oxygen atoms in total. The van der Waals surface area contributed by atoms with Crippen molar-refractivity contribution < 1.29 is 14.4 Å². The number of aryl methyl sites for hydroxylation is 2. The normalized spacial score (nSPS) is 13.3. The average molecular weight is 563 g/mol. The number of nitrogens with zero attached hydrogens (tertiary/aromatic N) is 2. The minimum atomic E-state index is -0.611. The summed E-state index contributed by atoms with van der Waals surface area (Å²) in [6.07, 6.45) is 0. The molecule has 4 aromatic rings. The molecular weight excluding hydrogens is 543 g/mol. The summed E-state index contributed by atoms with van der Waals surface area (Å²) >= 11 is 13.5. The van der Waals surface area contributed by atoms with Crippen molar-refractivity contribution in [2.45, 2.75) is 13.8 Å². The van der Waals surface area contributed by atoms with Crippen LogP contribution in [0.15, 0.2) is 82.8 Å². The molecule has 1 aromatic heterocycles. The first kappa shape index (κ1) is 25.7. The van der Waals surface area contributed by atoms with Gasteiger partial charge in [-0.05, 0) is 55.8 Å². The molecule has 1 aliphatic rings. The van der Waals surface area contributed by atoms with E-state index in [4.69, 9.17) is 23.2 Å². The topological polar surface area (TPSA) is 91.4 Å². The minimum absolute atomic E-state index is 0.0540. The van der Waals surface area contributed by atoms with Crippen molar-refractivity contribution in [2.75, 3.05) is 15.5 Å². The molecule has 0 unspecified atom stereocenters. The van der Waals surface area contributed by atoms with E-state index in [1.807, 2.05) is 43.5 Å². The van der Waals surface area contributed by atoms with E-state index in [1.54, 1.807) is 42.5 Å². The van der Waals surface area contributed by atoms with Crippen LogP contribution in [0.5, 0.6) is 0 Å². The third-order valence-electron chi connectivity index (χ3n) is 5.88. The van der Waals surface area contributed by atoms with Crippen LogP contribution in [0.1, 0.15) is 21.5 Å². The van der Waals surface area contributed by atoms with E-state index in [0.29, 0.717) is 27.1 Å². The Bertz CT molecular complexity index is 1630. The van der Waals surface area contributed by atoms with Crippen LogP contribution in [-0.2, 0) is 9.59 Å². The lowest BCUT2D eigenvalue weighted by Crippen LogP contribution is -2.32. The van der Waals surface area contributed by atoms with Crippen LogP contribution in [0.2, 0.25) is 5.02 Å². The highest BCUT2D eigenvalue weighted by Crippen LogP contribution is 2.32. The van der Waals surface area contributed by atoms with Crippen molar-refractivity contribution in [3.8, 4) is 11.3 Å². The Morgan fingerprint density at radius 2 is 1.71 bits per heavy atom. The number of hydrogen-bond donors (Lipinski definition) is 2. The van der Waals surface area contributed by atoms with Gasteiger partial charge in [-0.15, -0.1) is 11.3 Å². The van der Waals surface area contributed by atoms with Crippen LogP contribution in [0, 0.1) is 13.8 Å². The van der Waals surface area contributed by atoms with Gasteiger partial charge in [-0.25, -0.2) is 9.88 Å². The molecule has 0 radical (unpaired) electrons. The summed E-state index contributed by atoms with van der Waals surface area (Å²) in [4.78, 5) is 44.5. The summed E-state index contributed by atoms with van der Waals surface area (Å²) in [7, 11) is 0. The number of rotatable bonds is 6. The van der Waals surface area contributed by atoms with Crippen molar-refractivity contribution in [2.24, 2.45) is 0 Å². The Kier molecular flexibility index (Phi) is 7.03. The van der Waals surface area contributed by atoms with Crippen molar-refractivity contribution in [1.82, 2.24) is 4.98 Å². The summed E-state index contributed by atoms with van der Waals surface area (Å²) in [5.74, 6) is -1.56. The molecule has 2 heterocycles. The summed E-state index contributed by atoms with van der Waals surface area (Å²) in [5, 5.41) is 8.40. The fourth-order valence-electron chi connectivity index (χ4n) is 4.02. The van der Waals surface area contributed by atoms with Gasteiger partial charge in [0, 0.05) is 27.2 Å². The quantitative estimate of drug-likeness (QED) is 0.253. The highest BCUT2D eigenvalue weighted by molar-refractivity contribution is 7.14. The SMILES string of the molecule is Cc1ccc(N2C(=O)C(Cl)=C(Nc3cccc(C(=O)Nc4nc(-c5ccc(Cl)cc5)cs4)c3)C2=O)c(C)c1. The van der Waals surface area contributed by atoms with E-state index in [0.717, 1.165) is 27.3 Å². The van der Waals surface area contributed by atoms with Crippen LogP contribution >= 0.6 is 34.5 Å². The molecule has 0 aliphatic carbocycles. The highest BCUT2D eigenvalue weighted by atomic mass is 35.5. The largest absolute Gasteiger partial charge is 0.350 e. The third kappa shape index (κ3) is 5.06. The Hall–Kier alpha value is -3.98. The van der Waals surface area contributed by atoms with Gasteiger partial charge in [0.1, 0.15) is 10.7 Å². The molecule has 0 bridgehead atoms. The molecular formula is C28H20Cl2N4O3S. The van der Waals surface area contributed by atoms with Gasteiger partial charge in [0.05, 0.1) is 11.4 Å². The number of thiazole rings is 1.